The van der Waals surface area contributed by atoms with Crippen molar-refractivity contribution in [2.24, 2.45) is 5.41 Å². The summed E-state index contributed by atoms with van der Waals surface area (Å²) in [7, 11) is 0. The van der Waals surface area contributed by atoms with Crippen LogP contribution in [0.3, 0.4) is 0 Å². The van der Waals surface area contributed by atoms with Crippen LogP contribution in [0, 0.1) is 5.41 Å². The Balaban J connectivity index is 1.15. The van der Waals surface area contributed by atoms with Crippen molar-refractivity contribution in [3.8, 4) is 0 Å². The normalized spacial score (nSPS) is 21.5. The molecule has 0 atom stereocenters. The van der Waals surface area contributed by atoms with E-state index >= 15 is 0 Å². The van der Waals surface area contributed by atoms with Gasteiger partial charge in [-0.05, 0) is 49.9 Å². The van der Waals surface area contributed by atoms with Crippen molar-refractivity contribution in [2.75, 3.05) is 49.6 Å². The third-order valence-corrected chi connectivity index (χ3v) is 8.07. The van der Waals surface area contributed by atoms with Crippen molar-refractivity contribution in [1.29, 1.82) is 0 Å². The summed E-state index contributed by atoms with van der Waals surface area (Å²) in [6, 6.07) is 8.15. The van der Waals surface area contributed by atoms with Crippen LogP contribution >= 0.6 is 0 Å². The summed E-state index contributed by atoms with van der Waals surface area (Å²) in [5.74, 6) is 1.59. The van der Waals surface area contributed by atoms with Crippen LogP contribution in [-0.4, -0.2) is 69.7 Å². The second-order valence-corrected chi connectivity index (χ2v) is 10.7. The molecular weight excluding hydrogens is 442 g/mol. The smallest absolute Gasteiger partial charge is 0.253 e. The topological polar surface area (TPSA) is 88.4 Å². The lowest BCUT2D eigenvalue weighted by molar-refractivity contribution is -0.176. The van der Waals surface area contributed by atoms with Gasteiger partial charge in [-0.1, -0.05) is 12.8 Å². The summed E-state index contributed by atoms with van der Waals surface area (Å²) in [6.07, 6.45) is 9.16. The average Bonchev–Trinajstić information content (AvgIpc) is 3.59. The number of amides is 1. The Labute approximate surface area is 204 Å². The van der Waals surface area contributed by atoms with Gasteiger partial charge in [-0.25, -0.2) is 4.98 Å². The van der Waals surface area contributed by atoms with Crippen LogP contribution in [0.25, 0.3) is 11.2 Å². The fourth-order valence-corrected chi connectivity index (χ4v) is 6.00. The maximum atomic E-state index is 12.8. The highest BCUT2D eigenvalue weighted by Gasteiger charge is 2.50. The van der Waals surface area contributed by atoms with Crippen molar-refractivity contribution >= 4 is 34.5 Å². The summed E-state index contributed by atoms with van der Waals surface area (Å²) in [6.45, 7) is 5.14. The average molecular weight is 474 g/mol. The van der Waals surface area contributed by atoms with Crippen molar-refractivity contribution in [2.45, 2.75) is 44.6 Å². The highest BCUT2D eigenvalue weighted by atomic mass is 16.5. The molecule has 35 heavy (non-hydrogen) atoms. The van der Waals surface area contributed by atoms with Crippen molar-refractivity contribution in [1.82, 2.24) is 24.4 Å². The molecule has 5 heterocycles. The lowest BCUT2D eigenvalue weighted by Crippen LogP contribution is -2.67. The largest absolute Gasteiger partial charge is 0.380 e. The number of carbonyl (C=O) groups excluding carboxylic acids is 1. The van der Waals surface area contributed by atoms with Crippen LogP contribution in [-0.2, 0) is 4.74 Å². The number of hydrogen-bond donors (Lipinski definition) is 1. The summed E-state index contributed by atoms with van der Waals surface area (Å²) >= 11 is 0. The molecule has 182 valence electrons. The first-order valence-electron chi connectivity index (χ1n) is 12.9. The number of fused-ring (bicyclic) bond motifs is 1. The summed E-state index contributed by atoms with van der Waals surface area (Å²) in [4.78, 5) is 31.6. The van der Waals surface area contributed by atoms with Crippen molar-refractivity contribution < 1.29 is 9.53 Å². The summed E-state index contributed by atoms with van der Waals surface area (Å²) in [5, 5.41) is 3.47. The molecule has 1 N–H and O–H groups in total. The number of likely N-dealkylation sites (tertiary alicyclic amines) is 1. The van der Waals surface area contributed by atoms with E-state index in [2.05, 4.69) is 14.8 Å². The quantitative estimate of drug-likeness (QED) is 0.604. The minimum absolute atomic E-state index is 0.0881. The lowest BCUT2D eigenvalue weighted by atomic mass is 9.78. The van der Waals surface area contributed by atoms with Gasteiger partial charge in [0.2, 0.25) is 5.95 Å². The number of anilines is 3. The minimum Gasteiger partial charge on any atom is -0.380 e. The van der Waals surface area contributed by atoms with Gasteiger partial charge in [0.15, 0.2) is 17.0 Å². The van der Waals surface area contributed by atoms with E-state index in [1.54, 1.807) is 0 Å². The van der Waals surface area contributed by atoms with Crippen LogP contribution in [0.2, 0.25) is 0 Å². The Bertz CT molecular complexity index is 1250. The van der Waals surface area contributed by atoms with E-state index in [0.717, 1.165) is 68.0 Å². The van der Waals surface area contributed by atoms with Crippen LogP contribution in [0.4, 0.5) is 17.5 Å². The van der Waals surface area contributed by atoms with Crippen molar-refractivity contribution in [3.63, 3.8) is 0 Å². The van der Waals surface area contributed by atoms with E-state index < -0.39 is 0 Å². The first-order valence-corrected chi connectivity index (χ1v) is 12.9. The Morgan fingerprint density at radius 3 is 2.43 bits per heavy atom. The van der Waals surface area contributed by atoms with Crippen LogP contribution in [0.5, 0.6) is 0 Å². The van der Waals surface area contributed by atoms with Crippen LogP contribution < -0.4 is 10.2 Å². The number of benzene rings is 1. The molecule has 9 nitrogen and oxygen atoms in total. The second-order valence-electron chi connectivity index (χ2n) is 10.7. The van der Waals surface area contributed by atoms with E-state index in [1.807, 2.05) is 35.5 Å². The fraction of sp³-hybridized carbons (Fsp3) is 0.538. The molecule has 1 spiro atoms. The number of rotatable bonds is 5. The Morgan fingerprint density at radius 2 is 1.74 bits per heavy atom. The molecule has 3 saturated heterocycles. The van der Waals surface area contributed by atoms with Crippen molar-refractivity contribution in [3.05, 3.63) is 36.2 Å². The maximum absolute atomic E-state index is 12.8. The number of carbonyl (C=O) groups is 1. The molecule has 2 aromatic heterocycles. The first-order chi connectivity index (χ1) is 17.2. The molecule has 4 fully saturated rings. The van der Waals surface area contributed by atoms with Gasteiger partial charge in [0.25, 0.3) is 5.91 Å². The molecule has 1 aromatic carbocycles. The summed E-state index contributed by atoms with van der Waals surface area (Å²) < 4.78 is 7.58. The number of nitrogens with one attached hydrogen (secondary N) is 1. The monoisotopic (exact) mass is 473 g/mol. The standard InChI is InChI=1S/C26H31N7O2/c34-24(32-13-26(14-32)15-35-16-26)18-7-9-19(10-8-18)28-22-21-23(30-25(29-22)31-11-3-4-12-31)33(17-27-21)20-5-1-2-6-20/h7-10,17,20H,1-6,11-16H2,(H,28,29,30). The molecule has 0 unspecified atom stereocenters. The number of nitrogens with zero attached hydrogens (tertiary/aromatic N) is 6. The molecule has 3 aromatic rings. The zero-order valence-corrected chi connectivity index (χ0v) is 19.9. The number of hydrogen-bond acceptors (Lipinski definition) is 7. The maximum Gasteiger partial charge on any atom is 0.253 e. The van der Waals surface area contributed by atoms with E-state index in [-0.39, 0.29) is 11.3 Å². The highest BCUT2D eigenvalue weighted by molar-refractivity contribution is 5.95. The first kappa shape index (κ1) is 21.1. The van der Waals surface area contributed by atoms with Crippen LogP contribution in [0.15, 0.2) is 30.6 Å². The molecule has 1 amide bonds. The van der Waals surface area contributed by atoms with Gasteiger partial charge in [-0.15, -0.1) is 0 Å². The molecule has 1 aliphatic carbocycles. The highest BCUT2D eigenvalue weighted by Crippen LogP contribution is 2.38. The van der Waals surface area contributed by atoms with Gasteiger partial charge < -0.3 is 24.4 Å². The number of aromatic nitrogens is 4. The van der Waals surface area contributed by atoms with Gasteiger partial charge in [0.1, 0.15) is 0 Å². The summed E-state index contributed by atoms with van der Waals surface area (Å²) in [5.41, 5.74) is 3.53. The van der Waals surface area contributed by atoms with Gasteiger partial charge in [0.05, 0.1) is 25.0 Å². The van der Waals surface area contributed by atoms with Gasteiger partial charge in [-0.2, -0.15) is 9.97 Å². The zero-order chi connectivity index (χ0) is 23.4. The Hall–Kier alpha value is -3.20. The number of ether oxygens (including phenoxy) is 1. The predicted molar refractivity (Wildman–Crippen MR) is 133 cm³/mol. The van der Waals surface area contributed by atoms with Gasteiger partial charge in [0, 0.05) is 43.5 Å². The molecule has 1 saturated carbocycles. The van der Waals surface area contributed by atoms with E-state index in [9.17, 15) is 4.79 Å². The molecule has 4 aliphatic rings. The molecular formula is C26H31N7O2. The van der Waals surface area contributed by atoms with Gasteiger partial charge in [-0.3, -0.25) is 4.79 Å². The Kier molecular flexibility index (Phi) is 4.94. The van der Waals surface area contributed by atoms with Gasteiger partial charge >= 0.3 is 0 Å². The van der Waals surface area contributed by atoms with E-state index in [4.69, 9.17) is 19.7 Å². The molecule has 3 aliphatic heterocycles. The molecule has 9 heteroatoms. The Morgan fingerprint density at radius 1 is 1.00 bits per heavy atom. The zero-order valence-electron chi connectivity index (χ0n) is 19.9. The SMILES string of the molecule is O=C(c1ccc(Nc2nc(N3CCCC3)nc3c2ncn3C2CCCC2)cc1)N1CC2(COC2)C1. The van der Waals surface area contributed by atoms with Crippen LogP contribution in [0.1, 0.15) is 54.9 Å². The lowest BCUT2D eigenvalue weighted by Gasteiger charge is -2.54. The van der Waals surface area contributed by atoms with E-state index in [1.165, 1.54) is 38.5 Å². The van der Waals surface area contributed by atoms with E-state index in [0.29, 0.717) is 11.6 Å². The minimum atomic E-state index is 0.0881. The molecule has 7 rings (SSSR count). The predicted octanol–water partition coefficient (Wildman–Crippen LogP) is 3.76. The third-order valence-electron chi connectivity index (χ3n) is 8.07. The third kappa shape index (κ3) is 3.64. The second kappa shape index (κ2) is 8.19. The molecule has 0 radical (unpaired) electrons. The molecule has 0 bridgehead atoms. The number of imidazole rings is 1. The fourth-order valence-electron chi connectivity index (χ4n) is 6.00.